The van der Waals surface area contributed by atoms with Crippen LogP contribution in [0.3, 0.4) is 0 Å². The predicted molar refractivity (Wildman–Crippen MR) is 66.1 cm³/mol. The van der Waals surface area contributed by atoms with Crippen LogP contribution < -0.4 is 5.32 Å². The van der Waals surface area contributed by atoms with E-state index in [4.69, 9.17) is 0 Å². The fourth-order valence-corrected chi connectivity index (χ4v) is 2.63. The van der Waals surface area contributed by atoms with Crippen molar-refractivity contribution in [3.63, 3.8) is 0 Å². The van der Waals surface area contributed by atoms with Crippen molar-refractivity contribution in [2.45, 2.75) is 32.7 Å². The third-order valence-electron chi connectivity index (χ3n) is 2.63. The second-order valence-electron chi connectivity index (χ2n) is 4.64. The monoisotopic (exact) mass is 216 g/mol. The molecule has 2 nitrogen and oxygen atoms in total. The van der Waals surface area contributed by atoms with Gasteiger partial charge in [-0.15, -0.1) is 0 Å². The second-order valence-corrected chi connectivity index (χ2v) is 6.03. The van der Waals surface area contributed by atoms with Crippen molar-refractivity contribution in [2.75, 3.05) is 37.7 Å². The van der Waals surface area contributed by atoms with Gasteiger partial charge in [0, 0.05) is 24.4 Å². The van der Waals surface area contributed by atoms with Gasteiger partial charge in [-0.1, -0.05) is 6.92 Å². The van der Waals surface area contributed by atoms with E-state index in [2.05, 4.69) is 31.0 Å². The summed E-state index contributed by atoms with van der Waals surface area (Å²) in [6.07, 6.45) is 1.29. The molecule has 1 rings (SSSR count). The topological polar surface area (TPSA) is 15.3 Å². The minimum atomic E-state index is 0.299. The van der Waals surface area contributed by atoms with Crippen LogP contribution in [-0.2, 0) is 0 Å². The van der Waals surface area contributed by atoms with E-state index in [0.29, 0.717) is 5.54 Å². The van der Waals surface area contributed by atoms with Gasteiger partial charge in [0.2, 0.25) is 0 Å². The molecule has 14 heavy (non-hydrogen) atoms. The highest BCUT2D eigenvalue weighted by Gasteiger charge is 2.23. The van der Waals surface area contributed by atoms with Crippen molar-refractivity contribution in [3.8, 4) is 0 Å². The van der Waals surface area contributed by atoms with Crippen molar-refractivity contribution < 1.29 is 0 Å². The van der Waals surface area contributed by atoms with Gasteiger partial charge < -0.3 is 10.2 Å². The zero-order valence-electron chi connectivity index (χ0n) is 9.81. The van der Waals surface area contributed by atoms with Crippen LogP contribution in [0.5, 0.6) is 0 Å². The van der Waals surface area contributed by atoms with Crippen molar-refractivity contribution in [1.29, 1.82) is 0 Å². The van der Waals surface area contributed by atoms with Gasteiger partial charge in [-0.3, -0.25) is 0 Å². The Balaban J connectivity index is 2.28. The normalized spacial score (nSPS) is 23.4. The molecule has 3 heteroatoms. The number of rotatable bonds is 4. The molecule has 0 saturated carbocycles. The van der Waals surface area contributed by atoms with Crippen LogP contribution in [0.2, 0.25) is 0 Å². The Bertz CT molecular complexity index is 159. The number of nitrogens with one attached hydrogen (secondary N) is 1. The van der Waals surface area contributed by atoms with Crippen LogP contribution in [0.4, 0.5) is 0 Å². The molecule has 84 valence electrons. The van der Waals surface area contributed by atoms with Crippen LogP contribution in [0.15, 0.2) is 0 Å². The van der Waals surface area contributed by atoms with Crippen LogP contribution in [-0.4, -0.2) is 48.1 Å². The number of nitrogens with zero attached hydrogens (tertiary/aromatic N) is 1. The first-order chi connectivity index (χ1) is 6.64. The Morgan fingerprint density at radius 3 is 2.93 bits per heavy atom. The van der Waals surface area contributed by atoms with E-state index < -0.39 is 0 Å². The van der Waals surface area contributed by atoms with E-state index in [9.17, 15) is 0 Å². The maximum absolute atomic E-state index is 3.59. The van der Waals surface area contributed by atoms with Gasteiger partial charge in [-0.2, -0.15) is 11.8 Å². The SMILES string of the molecule is CCSCCN1CCCNC(C)(C)C1. The fourth-order valence-electron chi connectivity index (χ4n) is 1.95. The van der Waals surface area contributed by atoms with E-state index in [-0.39, 0.29) is 0 Å². The van der Waals surface area contributed by atoms with Gasteiger partial charge in [-0.25, -0.2) is 0 Å². The molecule has 1 heterocycles. The molecular formula is C11H24N2S. The summed E-state index contributed by atoms with van der Waals surface area (Å²) in [7, 11) is 0. The van der Waals surface area contributed by atoms with Crippen molar-refractivity contribution >= 4 is 11.8 Å². The first-order valence-electron chi connectivity index (χ1n) is 5.69. The molecule has 0 bridgehead atoms. The summed E-state index contributed by atoms with van der Waals surface area (Å²) in [5, 5.41) is 3.59. The zero-order valence-corrected chi connectivity index (χ0v) is 10.6. The van der Waals surface area contributed by atoms with Gasteiger partial charge in [0.1, 0.15) is 0 Å². The van der Waals surface area contributed by atoms with E-state index in [1.54, 1.807) is 0 Å². The maximum Gasteiger partial charge on any atom is 0.0252 e. The number of hydrogen-bond donors (Lipinski definition) is 1. The van der Waals surface area contributed by atoms with E-state index in [1.807, 2.05) is 11.8 Å². The average Bonchev–Trinajstić information content (AvgIpc) is 2.27. The smallest absolute Gasteiger partial charge is 0.0252 e. The molecule has 0 aliphatic carbocycles. The third-order valence-corrected chi connectivity index (χ3v) is 3.51. The molecular weight excluding hydrogens is 192 g/mol. The van der Waals surface area contributed by atoms with Crippen molar-refractivity contribution in [3.05, 3.63) is 0 Å². The summed E-state index contributed by atoms with van der Waals surface area (Å²) in [5.74, 6) is 2.53. The van der Waals surface area contributed by atoms with Crippen molar-refractivity contribution in [2.24, 2.45) is 0 Å². The Morgan fingerprint density at radius 1 is 1.43 bits per heavy atom. The van der Waals surface area contributed by atoms with Crippen LogP contribution in [0.1, 0.15) is 27.2 Å². The molecule has 0 radical (unpaired) electrons. The standard InChI is InChI=1S/C11H24N2S/c1-4-14-9-8-13-7-5-6-12-11(2,3)10-13/h12H,4-10H2,1-3H3. The van der Waals surface area contributed by atoms with Gasteiger partial charge in [0.25, 0.3) is 0 Å². The minimum Gasteiger partial charge on any atom is -0.310 e. The summed E-state index contributed by atoms with van der Waals surface area (Å²) in [6, 6.07) is 0. The maximum atomic E-state index is 3.59. The lowest BCUT2D eigenvalue weighted by molar-refractivity contribution is 0.243. The first-order valence-corrected chi connectivity index (χ1v) is 6.84. The number of hydrogen-bond acceptors (Lipinski definition) is 3. The lowest BCUT2D eigenvalue weighted by Gasteiger charge is -2.29. The summed E-state index contributed by atoms with van der Waals surface area (Å²) < 4.78 is 0. The van der Waals surface area contributed by atoms with E-state index >= 15 is 0 Å². The van der Waals surface area contributed by atoms with Gasteiger partial charge in [0.15, 0.2) is 0 Å². The molecule has 0 amide bonds. The quantitative estimate of drug-likeness (QED) is 0.722. The largest absolute Gasteiger partial charge is 0.310 e. The van der Waals surface area contributed by atoms with Crippen LogP contribution in [0.25, 0.3) is 0 Å². The summed E-state index contributed by atoms with van der Waals surface area (Å²) in [4.78, 5) is 2.60. The van der Waals surface area contributed by atoms with Crippen LogP contribution >= 0.6 is 11.8 Å². The van der Waals surface area contributed by atoms with Crippen molar-refractivity contribution in [1.82, 2.24) is 10.2 Å². The Hall–Kier alpha value is 0.270. The summed E-state index contributed by atoms with van der Waals surface area (Å²) in [6.45, 7) is 11.7. The Kier molecular flexibility index (Phi) is 5.28. The molecule has 1 aliphatic rings. The lowest BCUT2D eigenvalue weighted by atomic mass is 10.1. The highest BCUT2D eigenvalue weighted by atomic mass is 32.2. The molecule has 1 fully saturated rings. The van der Waals surface area contributed by atoms with Crippen LogP contribution in [0, 0.1) is 0 Å². The predicted octanol–water partition coefficient (Wildman–Crippen LogP) is 1.81. The molecule has 0 aromatic heterocycles. The minimum absolute atomic E-state index is 0.299. The molecule has 1 saturated heterocycles. The first kappa shape index (κ1) is 12.3. The van der Waals surface area contributed by atoms with E-state index in [1.165, 1.54) is 44.1 Å². The Labute approximate surface area is 92.8 Å². The second kappa shape index (κ2) is 5.99. The molecule has 1 N–H and O–H groups in total. The number of thioether (sulfide) groups is 1. The summed E-state index contributed by atoms with van der Waals surface area (Å²) >= 11 is 2.05. The summed E-state index contributed by atoms with van der Waals surface area (Å²) in [5.41, 5.74) is 0.299. The molecule has 0 spiro atoms. The highest BCUT2D eigenvalue weighted by molar-refractivity contribution is 7.99. The molecule has 1 aliphatic heterocycles. The third kappa shape index (κ3) is 4.67. The molecule has 0 atom stereocenters. The van der Waals surface area contributed by atoms with Gasteiger partial charge in [-0.05, 0) is 39.1 Å². The van der Waals surface area contributed by atoms with Gasteiger partial charge in [0.05, 0.1) is 0 Å². The Morgan fingerprint density at radius 2 is 2.21 bits per heavy atom. The molecule has 0 unspecified atom stereocenters. The zero-order chi connectivity index (χ0) is 10.4. The molecule has 0 aromatic carbocycles. The fraction of sp³-hybridized carbons (Fsp3) is 1.00. The average molecular weight is 216 g/mol. The van der Waals surface area contributed by atoms with Gasteiger partial charge >= 0.3 is 0 Å². The molecule has 0 aromatic rings. The lowest BCUT2D eigenvalue weighted by Crippen LogP contribution is -2.46. The highest BCUT2D eigenvalue weighted by Crippen LogP contribution is 2.11. The van der Waals surface area contributed by atoms with E-state index in [0.717, 1.165) is 0 Å².